The van der Waals surface area contributed by atoms with E-state index in [0.717, 1.165) is 12.3 Å². The van der Waals surface area contributed by atoms with E-state index >= 15 is 0 Å². The summed E-state index contributed by atoms with van der Waals surface area (Å²) in [6.45, 7) is 1.30. The van der Waals surface area contributed by atoms with E-state index in [-0.39, 0.29) is 11.4 Å². The predicted octanol–water partition coefficient (Wildman–Crippen LogP) is 1.09. The molecule has 4 heterocycles. The van der Waals surface area contributed by atoms with E-state index in [9.17, 15) is 24.1 Å². The molecule has 5 atom stereocenters. The summed E-state index contributed by atoms with van der Waals surface area (Å²) in [5, 5.41) is 32.8. The molecule has 11 heteroatoms. The topological polar surface area (TPSA) is 140 Å². The van der Waals surface area contributed by atoms with Crippen molar-refractivity contribution >= 4 is 16.9 Å². The quantitative estimate of drug-likeness (QED) is 0.504. The van der Waals surface area contributed by atoms with E-state index in [4.69, 9.17) is 10.5 Å². The second kappa shape index (κ2) is 6.95. The number of ether oxygens (including phenoxy) is 1. The van der Waals surface area contributed by atoms with Crippen LogP contribution in [0.5, 0.6) is 0 Å². The molecule has 1 saturated heterocycles. The molecule has 0 radical (unpaired) electrons. The minimum atomic E-state index is -2.82. The van der Waals surface area contributed by atoms with Gasteiger partial charge in [0.2, 0.25) is 0 Å². The third kappa shape index (κ3) is 3.12. The second-order valence-corrected chi connectivity index (χ2v) is 7.10. The number of nitrogen functional groups attached to an aromatic ring is 1. The third-order valence-electron chi connectivity index (χ3n) is 5.20. The fourth-order valence-electron chi connectivity index (χ4n) is 3.57. The number of aliphatic hydroxyl groups excluding tert-OH is 2. The van der Waals surface area contributed by atoms with E-state index in [1.807, 2.05) is 0 Å². The van der Waals surface area contributed by atoms with Crippen LogP contribution in [0.25, 0.3) is 11.0 Å². The zero-order chi connectivity index (χ0) is 20.9. The SMILES string of the molecule is C[C@@]1(O)[C@@H]([C@H](O)c2ccnc(C(F)F)c2)O[C@@H](n2ccc3c(N)ncnc32)[C@@H]1O. The van der Waals surface area contributed by atoms with E-state index in [2.05, 4.69) is 15.0 Å². The number of anilines is 1. The lowest BCUT2D eigenvalue weighted by molar-refractivity contribution is -0.115. The van der Waals surface area contributed by atoms with Crippen LogP contribution >= 0.6 is 0 Å². The maximum atomic E-state index is 12.9. The minimum Gasteiger partial charge on any atom is -0.386 e. The summed E-state index contributed by atoms with van der Waals surface area (Å²) in [5.74, 6) is 0.237. The van der Waals surface area contributed by atoms with Crippen LogP contribution in [0.1, 0.15) is 36.9 Å². The number of aromatic nitrogens is 4. The standard InChI is InChI=1S/C18H19F2N5O4/c1-18(28)12(27)17(25-5-3-9-15(21)23-7-24-16(9)25)29-13(18)11(26)8-2-4-22-10(6-8)14(19)20/h2-7,11-14,17,26-28H,1H3,(H2,21,23,24)/t11-,12+,13-,17-,18+/m1/s1. The largest absolute Gasteiger partial charge is 0.386 e. The van der Waals surface area contributed by atoms with Crippen molar-refractivity contribution in [2.45, 2.75) is 43.5 Å². The Morgan fingerprint density at radius 1 is 1.28 bits per heavy atom. The first kappa shape index (κ1) is 19.6. The van der Waals surface area contributed by atoms with E-state index in [1.54, 1.807) is 12.3 Å². The normalized spacial score (nSPS) is 28.3. The van der Waals surface area contributed by atoms with Crippen molar-refractivity contribution < 1.29 is 28.8 Å². The highest BCUT2D eigenvalue weighted by atomic mass is 19.3. The monoisotopic (exact) mass is 407 g/mol. The van der Waals surface area contributed by atoms with Gasteiger partial charge in [-0.1, -0.05) is 0 Å². The molecule has 29 heavy (non-hydrogen) atoms. The Morgan fingerprint density at radius 3 is 2.76 bits per heavy atom. The van der Waals surface area contributed by atoms with Gasteiger partial charge in [0.1, 0.15) is 47.4 Å². The van der Waals surface area contributed by atoms with Gasteiger partial charge in [0, 0.05) is 12.4 Å². The summed E-state index contributed by atoms with van der Waals surface area (Å²) in [4.78, 5) is 11.6. The number of nitrogens with two attached hydrogens (primary N) is 1. The Morgan fingerprint density at radius 2 is 2.03 bits per heavy atom. The summed E-state index contributed by atoms with van der Waals surface area (Å²) in [6, 6.07) is 4.01. The predicted molar refractivity (Wildman–Crippen MR) is 96.6 cm³/mol. The zero-order valence-corrected chi connectivity index (χ0v) is 15.2. The van der Waals surface area contributed by atoms with Gasteiger partial charge in [-0.15, -0.1) is 0 Å². The molecule has 3 aromatic rings. The molecule has 0 unspecified atom stereocenters. The van der Waals surface area contributed by atoms with Crippen LogP contribution in [0.3, 0.4) is 0 Å². The average Bonchev–Trinajstić information content (AvgIpc) is 3.22. The maximum Gasteiger partial charge on any atom is 0.280 e. The number of aliphatic hydroxyl groups is 3. The Balaban J connectivity index is 1.69. The third-order valence-corrected chi connectivity index (χ3v) is 5.20. The van der Waals surface area contributed by atoms with Gasteiger partial charge in [-0.2, -0.15) is 0 Å². The van der Waals surface area contributed by atoms with Crippen molar-refractivity contribution in [2.24, 2.45) is 0 Å². The fraction of sp³-hybridized carbons (Fsp3) is 0.389. The van der Waals surface area contributed by atoms with E-state index in [1.165, 1.54) is 23.9 Å². The van der Waals surface area contributed by atoms with Crippen molar-refractivity contribution in [3.8, 4) is 0 Å². The Bertz CT molecular complexity index is 1040. The average molecular weight is 407 g/mol. The molecule has 5 N–H and O–H groups in total. The number of pyridine rings is 1. The van der Waals surface area contributed by atoms with Gasteiger partial charge in [-0.05, 0) is 30.7 Å². The lowest BCUT2D eigenvalue weighted by Crippen LogP contribution is -2.47. The Labute approximate surface area is 163 Å². The van der Waals surface area contributed by atoms with Gasteiger partial charge in [-0.3, -0.25) is 4.98 Å². The number of alkyl halides is 2. The van der Waals surface area contributed by atoms with Crippen LogP contribution in [0.15, 0.2) is 36.9 Å². The lowest BCUT2D eigenvalue weighted by Gasteiger charge is -2.29. The molecule has 0 bridgehead atoms. The number of fused-ring (bicyclic) bond motifs is 1. The van der Waals surface area contributed by atoms with Crippen molar-refractivity contribution in [1.29, 1.82) is 0 Å². The summed E-state index contributed by atoms with van der Waals surface area (Å²) in [6.07, 6.45) is -4.23. The molecule has 0 spiro atoms. The molecule has 1 aliphatic heterocycles. The summed E-state index contributed by atoms with van der Waals surface area (Å²) >= 11 is 0. The number of hydrogen-bond acceptors (Lipinski definition) is 8. The van der Waals surface area contributed by atoms with Gasteiger partial charge < -0.3 is 30.4 Å². The smallest absolute Gasteiger partial charge is 0.280 e. The fourth-order valence-corrected chi connectivity index (χ4v) is 3.57. The number of hydrogen-bond donors (Lipinski definition) is 4. The van der Waals surface area contributed by atoms with Gasteiger partial charge in [0.15, 0.2) is 6.23 Å². The van der Waals surface area contributed by atoms with Crippen molar-refractivity contribution in [1.82, 2.24) is 19.5 Å². The van der Waals surface area contributed by atoms with Gasteiger partial charge in [0.25, 0.3) is 6.43 Å². The van der Waals surface area contributed by atoms with Crippen molar-refractivity contribution in [2.75, 3.05) is 5.73 Å². The molecule has 0 amide bonds. The highest BCUT2D eigenvalue weighted by Gasteiger charge is 2.55. The van der Waals surface area contributed by atoms with Crippen LogP contribution in [-0.4, -0.2) is 52.6 Å². The Kier molecular flexibility index (Phi) is 4.69. The first-order chi connectivity index (χ1) is 13.7. The zero-order valence-electron chi connectivity index (χ0n) is 15.2. The van der Waals surface area contributed by atoms with Crippen molar-refractivity contribution in [3.05, 3.63) is 48.2 Å². The van der Waals surface area contributed by atoms with Crippen LogP contribution in [0, 0.1) is 0 Å². The summed E-state index contributed by atoms with van der Waals surface area (Å²) in [7, 11) is 0. The minimum absolute atomic E-state index is 0.0809. The number of halogens is 2. The molecule has 1 fully saturated rings. The van der Waals surface area contributed by atoms with Crippen LogP contribution < -0.4 is 5.73 Å². The number of nitrogens with zero attached hydrogens (tertiary/aromatic N) is 4. The molecule has 1 aliphatic rings. The highest BCUT2D eigenvalue weighted by molar-refractivity contribution is 5.86. The molecular weight excluding hydrogens is 388 g/mol. The van der Waals surface area contributed by atoms with Crippen LogP contribution in [0.2, 0.25) is 0 Å². The summed E-state index contributed by atoms with van der Waals surface area (Å²) in [5.41, 5.74) is 3.87. The molecule has 3 aromatic heterocycles. The first-order valence-corrected chi connectivity index (χ1v) is 8.76. The molecule has 154 valence electrons. The molecule has 0 saturated carbocycles. The maximum absolute atomic E-state index is 12.9. The van der Waals surface area contributed by atoms with E-state index < -0.39 is 42.3 Å². The second-order valence-electron chi connectivity index (χ2n) is 7.10. The van der Waals surface area contributed by atoms with Crippen molar-refractivity contribution in [3.63, 3.8) is 0 Å². The molecule has 0 aromatic carbocycles. The summed E-state index contributed by atoms with van der Waals surface area (Å²) < 4.78 is 33.2. The highest BCUT2D eigenvalue weighted by Crippen LogP contribution is 2.43. The Hall–Kier alpha value is -2.73. The molecule has 9 nitrogen and oxygen atoms in total. The van der Waals surface area contributed by atoms with Crippen LogP contribution in [-0.2, 0) is 4.74 Å². The van der Waals surface area contributed by atoms with Gasteiger partial charge in [0.05, 0.1) is 5.39 Å². The molecule has 4 rings (SSSR count). The molecular formula is C18H19F2N5O4. The lowest BCUT2D eigenvalue weighted by atomic mass is 9.88. The van der Waals surface area contributed by atoms with Crippen LogP contribution in [0.4, 0.5) is 14.6 Å². The first-order valence-electron chi connectivity index (χ1n) is 8.76. The van der Waals surface area contributed by atoms with E-state index in [0.29, 0.717) is 11.0 Å². The van der Waals surface area contributed by atoms with Gasteiger partial charge in [-0.25, -0.2) is 18.7 Å². The molecule has 0 aliphatic carbocycles. The number of rotatable bonds is 4. The van der Waals surface area contributed by atoms with Gasteiger partial charge >= 0.3 is 0 Å².